The molecule has 3 heteroatoms. The van der Waals surface area contributed by atoms with E-state index in [1.165, 1.54) is 0 Å². The van der Waals surface area contributed by atoms with Crippen molar-refractivity contribution in [2.75, 3.05) is 13.1 Å². The summed E-state index contributed by atoms with van der Waals surface area (Å²) in [6, 6.07) is 10.2. The van der Waals surface area contributed by atoms with E-state index in [-0.39, 0.29) is 23.3 Å². The minimum Gasteiger partial charge on any atom is -0.342 e. The molecule has 0 radical (unpaired) electrons. The smallest absolute Gasteiger partial charge is 0.233 e. The SMILES string of the molecule is CCN(CC)C(=O)[C@]1(c2ccccc2)C[C@@H]1C(C)N. The Morgan fingerprint density at radius 3 is 2.37 bits per heavy atom. The highest BCUT2D eigenvalue weighted by atomic mass is 16.2. The van der Waals surface area contributed by atoms with Gasteiger partial charge >= 0.3 is 0 Å². The molecule has 0 spiro atoms. The van der Waals surface area contributed by atoms with Crippen LogP contribution in [-0.2, 0) is 10.2 Å². The Labute approximate surface area is 115 Å². The van der Waals surface area contributed by atoms with Crippen molar-refractivity contribution in [3.63, 3.8) is 0 Å². The molecule has 2 N–H and O–H groups in total. The maximum absolute atomic E-state index is 12.9. The van der Waals surface area contributed by atoms with Gasteiger partial charge in [-0.05, 0) is 38.7 Å². The number of carbonyl (C=O) groups excluding carboxylic acids is 1. The first-order chi connectivity index (χ1) is 9.07. The third-order valence-electron chi connectivity index (χ3n) is 4.37. The van der Waals surface area contributed by atoms with Crippen LogP contribution in [0.25, 0.3) is 0 Å². The molecule has 1 fully saturated rings. The van der Waals surface area contributed by atoms with Crippen LogP contribution in [0, 0.1) is 5.92 Å². The molecule has 1 aromatic rings. The lowest BCUT2D eigenvalue weighted by molar-refractivity contribution is -0.134. The Hall–Kier alpha value is -1.35. The lowest BCUT2D eigenvalue weighted by Gasteiger charge is -2.27. The Morgan fingerprint density at radius 1 is 1.37 bits per heavy atom. The molecule has 0 saturated heterocycles. The van der Waals surface area contributed by atoms with E-state index < -0.39 is 0 Å². The second-order valence-electron chi connectivity index (χ2n) is 5.48. The van der Waals surface area contributed by atoms with Crippen LogP contribution < -0.4 is 5.73 Å². The molecule has 0 aliphatic heterocycles. The second-order valence-corrected chi connectivity index (χ2v) is 5.48. The molecule has 0 bridgehead atoms. The summed E-state index contributed by atoms with van der Waals surface area (Å²) >= 11 is 0. The van der Waals surface area contributed by atoms with E-state index in [1.54, 1.807) is 0 Å². The third-order valence-corrected chi connectivity index (χ3v) is 4.37. The summed E-state index contributed by atoms with van der Waals surface area (Å²) in [4.78, 5) is 14.8. The highest BCUT2D eigenvalue weighted by molar-refractivity contribution is 5.92. The van der Waals surface area contributed by atoms with Crippen LogP contribution >= 0.6 is 0 Å². The molecule has 0 aromatic heterocycles. The minimum absolute atomic E-state index is 0.0553. The van der Waals surface area contributed by atoms with E-state index in [0.717, 1.165) is 25.1 Å². The minimum atomic E-state index is -0.374. The molecule has 104 valence electrons. The number of benzene rings is 1. The zero-order valence-corrected chi connectivity index (χ0v) is 12.1. The number of carbonyl (C=O) groups is 1. The number of nitrogens with zero attached hydrogens (tertiary/aromatic N) is 1. The first-order valence-corrected chi connectivity index (χ1v) is 7.18. The second kappa shape index (κ2) is 5.33. The molecule has 2 rings (SSSR count). The van der Waals surface area contributed by atoms with Crippen molar-refractivity contribution in [3.8, 4) is 0 Å². The van der Waals surface area contributed by atoms with Crippen LogP contribution in [0.3, 0.4) is 0 Å². The Balaban J connectivity index is 2.36. The largest absolute Gasteiger partial charge is 0.342 e. The standard InChI is InChI=1S/C16H24N2O/c1-4-18(5-2)15(19)16(11-14(16)12(3)17)13-9-7-6-8-10-13/h6-10,12,14H,4-5,11,17H2,1-3H3/t12?,14-,16+/m1/s1. The summed E-state index contributed by atoms with van der Waals surface area (Å²) in [5.74, 6) is 0.508. The van der Waals surface area contributed by atoms with Gasteiger partial charge in [0.2, 0.25) is 5.91 Å². The molecule has 1 unspecified atom stereocenters. The van der Waals surface area contributed by atoms with Crippen molar-refractivity contribution >= 4 is 5.91 Å². The number of likely N-dealkylation sites (N-methyl/N-ethyl adjacent to an activating group) is 1. The molecular formula is C16H24N2O. The van der Waals surface area contributed by atoms with Crippen molar-refractivity contribution in [2.24, 2.45) is 11.7 Å². The number of hydrogen-bond donors (Lipinski definition) is 1. The average Bonchev–Trinajstić information content (AvgIpc) is 3.18. The van der Waals surface area contributed by atoms with Crippen LogP contribution in [0.1, 0.15) is 32.8 Å². The highest BCUT2D eigenvalue weighted by Crippen LogP contribution is 2.56. The summed E-state index contributed by atoms with van der Waals surface area (Å²) in [6.45, 7) is 7.59. The van der Waals surface area contributed by atoms with E-state index in [4.69, 9.17) is 5.73 Å². The zero-order valence-electron chi connectivity index (χ0n) is 12.1. The fraction of sp³-hybridized carbons (Fsp3) is 0.562. The number of amides is 1. The van der Waals surface area contributed by atoms with Crippen LogP contribution in [0.15, 0.2) is 30.3 Å². The maximum atomic E-state index is 12.9. The highest BCUT2D eigenvalue weighted by Gasteiger charge is 2.62. The summed E-state index contributed by atoms with van der Waals surface area (Å²) in [6.07, 6.45) is 0.879. The molecule has 19 heavy (non-hydrogen) atoms. The van der Waals surface area contributed by atoms with Crippen LogP contribution in [0.5, 0.6) is 0 Å². The summed E-state index contributed by atoms with van der Waals surface area (Å²) in [5, 5.41) is 0. The van der Waals surface area contributed by atoms with E-state index in [9.17, 15) is 4.79 Å². The number of hydrogen-bond acceptors (Lipinski definition) is 2. The summed E-state index contributed by atoms with van der Waals surface area (Å²) in [7, 11) is 0. The molecule has 3 atom stereocenters. The van der Waals surface area contributed by atoms with Gasteiger partial charge in [-0.2, -0.15) is 0 Å². The topological polar surface area (TPSA) is 46.3 Å². The zero-order chi connectivity index (χ0) is 14.0. The maximum Gasteiger partial charge on any atom is 0.233 e. The predicted molar refractivity (Wildman–Crippen MR) is 77.8 cm³/mol. The van der Waals surface area contributed by atoms with Gasteiger partial charge in [-0.3, -0.25) is 4.79 Å². The number of nitrogens with two attached hydrogens (primary N) is 1. The van der Waals surface area contributed by atoms with E-state index in [0.29, 0.717) is 0 Å². The molecule has 1 aliphatic carbocycles. The first-order valence-electron chi connectivity index (χ1n) is 7.18. The van der Waals surface area contributed by atoms with E-state index in [2.05, 4.69) is 12.1 Å². The van der Waals surface area contributed by atoms with Gasteiger partial charge in [0, 0.05) is 19.1 Å². The van der Waals surface area contributed by atoms with Crippen molar-refractivity contribution in [3.05, 3.63) is 35.9 Å². The van der Waals surface area contributed by atoms with Crippen molar-refractivity contribution in [1.82, 2.24) is 4.90 Å². The van der Waals surface area contributed by atoms with Gasteiger partial charge in [-0.15, -0.1) is 0 Å². The molecule has 1 amide bonds. The molecule has 1 saturated carbocycles. The molecule has 3 nitrogen and oxygen atoms in total. The lowest BCUT2D eigenvalue weighted by atomic mass is 9.89. The van der Waals surface area contributed by atoms with Crippen LogP contribution in [-0.4, -0.2) is 29.9 Å². The van der Waals surface area contributed by atoms with Gasteiger partial charge in [0.25, 0.3) is 0 Å². The monoisotopic (exact) mass is 260 g/mol. The van der Waals surface area contributed by atoms with Crippen molar-refractivity contribution in [1.29, 1.82) is 0 Å². The number of rotatable bonds is 5. The van der Waals surface area contributed by atoms with Gasteiger partial charge in [-0.25, -0.2) is 0 Å². The van der Waals surface area contributed by atoms with Crippen molar-refractivity contribution in [2.45, 2.75) is 38.6 Å². The molecule has 1 aromatic carbocycles. The van der Waals surface area contributed by atoms with Crippen LogP contribution in [0.4, 0.5) is 0 Å². The predicted octanol–water partition coefficient (Wildman–Crippen LogP) is 2.16. The van der Waals surface area contributed by atoms with Gasteiger partial charge in [0.15, 0.2) is 0 Å². The quantitative estimate of drug-likeness (QED) is 0.882. The van der Waals surface area contributed by atoms with Gasteiger partial charge in [0.1, 0.15) is 0 Å². The van der Waals surface area contributed by atoms with Gasteiger partial charge in [-0.1, -0.05) is 30.3 Å². The average molecular weight is 260 g/mol. The third kappa shape index (κ3) is 2.27. The van der Waals surface area contributed by atoms with Crippen molar-refractivity contribution < 1.29 is 4.79 Å². The Morgan fingerprint density at radius 2 is 1.95 bits per heavy atom. The Bertz CT molecular complexity index is 439. The van der Waals surface area contributed by atoms with Crippen LogP contribution in [0.2, 0.25) is 0 Å². The summed E-state index contributed by atoms with van der Waals surface area (Å²) < 4.78 is 0. The van der Waals surface area contributed by atoms with E-state index >= 15 is 0 Å². The molecular weight excluding hydrogens is 236 g/mol. The van der Waals surface area contributed by atoms with Gasteiger partial charge in [0.05, 0.1) is 5.41 Å². The molecule has 0 heterocycles. The van der Waals surface area contributed by atoms with E-state index in [1.807, 2.05) is 43.9 Å². The fourth-order valence-electron chi connectivity index (χ4n) is 3.15. The van der Waals surface area contributed by atoms with Gasteiger partial charge < -0.3 is 10.6 Å². The molecule has 1 aliphatic rings. The first kappa shape index (κ1) is 14.1. The fourth-order valence-corrected chi connectivity index (χ4v) is 3.15. The normalized spacial score (nSPS) is 26.8. The Kier molecular flexibility index (Phi) is 3.95. The summed E-state index contributed by atoms with van der Waals surface area (Å²) in [5.41, 5.74) is 6.81. The lowest BCUT2D eigenvalue weighted by Crippen LogP contribution is -2.42.